The lowest BCUT2D eigenvalue weighted by Crippen LogP contribution is -2.51. The van der Waals surface area contributed by atoms with Crippen LogP contribution in [0.5, 0.6) is 0 Å². The topological polar surface area (TPSA) is 15.3 Å². The first-order chi connectivity index (χ1) is 10.1. The Hall–Kier alpha value is -0.0800. The second kappa shape index (κ2) is 6.58. The number of hydrogen-bond acceptors (Lipinski definition) is 2. The SMILES string of the molecule is CC(C)CC1(CN2CCCNC3(CCCC3)C2)CCCC1. The molecule has 3 fully saturated rings. The van der Waals surface area contributed by atoms with E-state index in [0.29, 0.717) is 11.0 Å². The van der Waals surface area contributed by atoms with Crippen LogP contribution in [0, 0.1) is 11.3 Å². The monoisotopic (exact) mass is 292 g/mol. The van der Waals surface area contributed by atoms with Gasteiger partial charge in [0.15, 0.2) is 0 Å². The molecule has 0 radical (unpaired) electrons. The molecule has 1 saturated heterocycles. The van der Waals surface area contributed by atoms with E-state index < -0.39 is 0 Å². The van der Waals surface area contributed by atoms with Gasteiger partial charge in [0.25, 0.3) is 0 Å². The highest BCUT2D eigenvalue weighted by molar-refractivity contribution is 4.98. The van der Waals surface area contributed by atoms with E-state index >= 15 is 0 Å². The molecule has 0 unspecified atom stereocenters. The van der Waals surface area contributed by atoms with Gasteiger partial charge in [0.1, 0.15) is 0 Å². The fourth-order valence-corrected chi connectivity index (χ4v) is 5.63. The Bertz CT molecular complexity index is 324. The second-order valence-corrected chi connectivity index (χ2v) is 8.78. The van der Waals surface area contributed by atoms with Gasteiger partial charge in [-0.05, 0) is 62.9 Å². The molecule has 0 amide bonds. The zero-order chi connectivity index (χ0) is 14.8. The van der Waals surface area contributed by atoms with Crippen molar-refractivity contribution < 1.29 is 0 Å². The average Bonchev–Trinajstić information content (AvgIpc) is 2.99. The van der Waals surface area contributed by atoms with Gasteiger partial charge in [0, 0.05) is 18.6 Å². The first-order valence-electron chi connectivity index (χ1n) is 9.59. The molecule has 2 nitrogen and oxygen atoms in total. The lowest BCUT2D eigenvalue weighted by molar-refractivity contribution is 0.110. The Morgan fingerprint density at radius 2 is 1.62 bits per heavy atom. The zero-order valence-electron chi connectivity index (χ0n) is 14.4. The maximum absolute atomic E-state index is 3.92. The Morgan fingerprint density at radius 3 is 2.29 bits per heavy atom. The van der Waals surface area contributed by atoms with Gasteiger partial charge in [-0.1, -0.05) is 39.5 Å². The molecule has 21 heavy (non-hydrogen) atoms. The van der Waals surface area contributed by atoms with Gasteiger partial charge in [-0.25, -0.2) is 0 Å². The molecule has 2 saturated carbocycles. The molecule has 0 atom stereocenters. The Morgan fingerprint density at radius 1 is 0.952 bits per heavy atom. The van der Waals surface area contributed by atoms with Crippen molar-refractivity contribution in [2.45, 2.75) is 83.6 Å². The molecular formula is C19H36N2. The van der Waals surface area contributed by atoms with Crippen LogP contribution in [0.1, 0.15) is 78.1 Å². The van der Waals surface area contributed by atoms with Crippen molar-refractivity contribution in [2.75, 3.05) is 26.2 Å². The van der Waals surface area contributed by atoms with Crippen molar-refractivity contribution in [1.82, 2.24) is 10.2 Å². The Balaban J connectivity index is 1.66. The van der Waals surface area contributed by atoms with Crippen LogP contribution in [-0.4, -0.2) is 36.6 Å². The van der Waals surface area contributed by atoms with Crippen molar-refractivity contribution in [3.05, 3.63) is 0 Å². The van der Waals surface area contributed by atoms with E-state index in [-0.39, 0.29) is 0 Å². The summed E-state index contributed by atoms with van der Waals surface area (Å²) in [4.78, 5) is 2.86. The lowest BCUT2D eigenvalue weighted by atomic mass is 9.78. The third-order valence-electron chi connectivity index (χ3n) is 6.30. The quantitative estimate of drug-likeness (QED) is 0.835. The van der Waals surface area contributed by atoms with Crippen LogP contribution in [-0.2, 0) is 0 Å². The minimum absolute atomic E-state index is 0.480. The van der Waals surface area contributed by atoms with E-state index in [9.17, 15) is 0 Å². The molecule has 1 aliphatic heterocycles. The van der Waals surface area contributed by atoms with E-state index in [0.717, 1.165) is 5.92 Å². The molecule has 3 aliphatic rings. The summed E-state index contributed by atoms with van der Waals surface area (Å²) in [6.45, 7) is 10.1. The van der Waals surface area contributed by atoms with Gasteiger partial charge in [0.05, 0.1) is 0 Å². The molecule has 1 heterocycles. The minimum atomic E-state index is 0.480. The molecule has 3 rings (SSSR count). The summed E-state index contributed by atoms with van der Waals surface area (Å²) >= 11 is 0. The summed E-state index contributed by atoms with van der Waals surface area (Å²) in [5.74, 6) is 0.855. The smallest absolute Gasteiger partial charge is 0.0308 e. The van der Waals surface area contributed by atoms with Gasteiger partial charge in [0.2, 0.25) is 0 Å². The summed E-state index contributed by atoms with van der Waals surface area (Å²) in [5, 5.41) is 3.92. The molecule has 2 aliphatic carbocycles. The number of rotatable bonds is 4. The molecule has 2 heteroatoms. The minimum Gasteiger partial charge on any atom is -0.310 e. The Labute approximate surface area is 132 Å². The van der Waals surface area contributed by atoms with Crippen LogP contribution in [0.3, 0.4) is 0 Å². The fraction of sp³-hybridized carbons (Fsp3) is 1.00. The van der Waals surface area contributed by atoms with Crippen LogP contribution in [0.2, 0.25) is 0 Å². The predicted octanol–water partition coefficient (Wildman–Crippen LogP) is 4.20. The largest absolute Gasteiger partial charge is 0.310 e. The van der Waals surface area contributed by atoms with Crippen molar-refractivity contribution >= 4 is 0 Å². The third-order valence-corrected chi connectivity index (χ3v) is 6.30. The molecular weight excluding hydrogens is 256 g/mol. The van der Waals surface area contributed by atoms with Gasteiger partial charge >= 0.3 is 0 Å². The first-order valence-corrected chi connectivity index (χ1v) is 9.59. The van der Waals surface area contributed by atoms with Crippen LogP contribution in [0.25, 0.3) is 0 Å². The number of nitrogens with zero attached hydrogens (tertiary/aromatic N) is 1. The number of nitrogens with one attached hydrogen (secondary N) is 1. The summed E-state index contributed by atoms with van der Waals surface area (Å²) in [5.41, 5.74) is 1.13. The molecule has 1 spiro atoms. The summed E-state index contributed by atoms with van der Waals surface area (Å²) in [6.07, 6.45) is 14.4. The normalized spacial score (nSPS) is 29.3. The first kappa shape index (κ1) is 15.8. The molecule has 122 valence electrons. The van der Waals surface area contributed by atoms with Crippen LogP contribution in [0.15, 0.2) is 0 Å². The maximum Gasteiger partial charge on any atom is 0.0308 e. The van der Waals surface area contributed by atoms with Gasteiger partial charge in [-0.15, -0.1) is 0 Å². The van der Waals surface area contributed by atoms with Crippen LogP contribution < -0.4 is 5.32 Å². The van der Waals surface area contributed by atoms with Crippen LogP contribution in [0.4, 0.5) is 0 Å². The fourth-order valence-electron chi connectivity index (χ4n) is 5.63. The highest BCUT2D eigenvalue weighted by Gasteiger charge is 2.40. The molecule has 0 bridgehead atoms. The molecule has 1 N–H and O–H groups in total. The van der Waals surface area contributed by atoms with E-state index in [2.05, 4.69) is 24.1 Å². The lowest BCUT2D eigenvalue weighted by Gasteiger charge is -2.40. The zero-order valence-corrected chi connectivity index (χ0v) is 14.4. The predicted molar refractivity (Wildman–Crippen MR) is 90.6 cm³/mol. The van der Waals surface area contributed by atoms with Crippen molar-refractivity contribution in [3.63, 3.8) is 0 Å². The standard InChI is InChI=1S/C19H36N2/c1-17(2)14-18(8-3-4-9-18)15-21-13-7-12-20-19(16-21)10-5-6-11-19/h17,20H,3-16H2,1-2H3. The van der Waals surface area contributed by atoms with Crippen molar-refractivity contribution in [3.8, 4) is 0 Å². The van der Waals surface area contributed by atoms with Gasteiger partial charge < -0.3 is 10.2 Å². The highest BCUT2D eigenvalue weighted by Crippen LogP contribution is 2.44. The molecule has 0 aromatic heterocycles. The summed E-state index contributed by atoms with van der Waals surface area (Å²) in [7, 11) is 0. The van der Waals surface area contributed by atoms with E-state index in [4.69, 9.17) is 0 Å². The van der Waals surface area contributed by atoms with E-state index in [1.165, 1.54) is 90.4 Å². The maximum atomic E-state index is 3.92. The second-order valence-electron chi connectivity index (χ2n) is 8.78. The van der Waals surface area contributed by atoms with Gasteiger partial charge in [-0.2, -0.15) is 0 Å². The number of hydrogen-bond donors (Lipinski definition) is 1. The molecule has 0 aromatic carbocycles. The summed E-state index contributed by atoms with van der Waals surface area (Å²) < 4.78 is 0. The van der Waals surface area contributed by atoms with Gasteiger partial charge in [-0.3, -0.25) is 0 Å². The van der Waals surface area contributed by atoms with Crippen LogP contribution >= 0.6 is 0 Å². The highest BCUT2D eigenvalue weighted by atomic mass is 15.2. The van der Waals surface area contributed by atoms with E-state index in [1.54, 1.807) is 0 Å². The summed E-state index contributed by atoms with van der Waals surface area (Å²) in [6, 6.07) is 0. The third kappa shape index (κ3) is 3.82. The van der Waals surface area contributed by atoms with E-state index in [1.807, 2.05) is 0 Å². The molecule has 0 aromatic rings. The average molecular weight is 293 g/mol. The van der Waals surface area contributed by atoms with Crippen molar-refractivity contribution in [2.24, 2.45) is 11.3 Å². The van der Waals surface area contributed by atoms with Crippen molar-refractivity contribution in [1.29, 1.82) is 0 Å². The Kier molecular flexibility index (Phi) is 4.95.